The van der Waals surface area contributed by atoms with Crippen LogP contribution in [0.3, 0.4) is 0 Å². The minimum absolute atomic E-state index is 0.227. The van der Waals surface area contributed by atoms with E-state index in [0.717, 1.165) is 0 Å². The molecule has 0 bridgehead atoms. The van der Waals surface area contributed by atoms with Gasteiger partial charge in [-0.1, -0.05) is 11.6 Å². The lowest BCUT2D eigenvalue weighted by Crippen LogP contribution is -2.38. The maximum absolute atomic E-state index is 11.7. The Morgan fingerprint density at radius 1 is 1.50 bits per heavy atom. The van der Waals surface area contributed by atoms with Crippen LogP contribution in [-0.2, 0) is 14.3 Å². The summed E-state index contributed by atoms with van der Waals surface area (Å²) < 4.78 is 4.83. The van der Waals surface area contributed by atoms with E-state index in [0.29, 0.717) is 18.8 Å². The Labute approximate surface area is 121 Å². The van der Waals surface area contributed by atoms with Crippen LogP contribution < -0.4 is 5.32 Å². The second-order valence-electron chi connectivity index (χ2n) is 3.98. The quantitative estimate of drug-likeness (QED) is 0.848. The number of anilines is 1. The first-order valence-electron chi connectivity index (χ1n) is 5.74. The molecule has 0 aliphatic carbocycles. The Morgan fingerprint density at radius 3 is 2.80 bits per heavy atom. The van der Waals surface area contributed by atoms with Gasteiger partial charge in [0.15, 0.2) is 0 Å². The van der Waals surface area contributed by atoms with Crippen molar-refractivity contribution in [2.45, 2.75) is 0 Å². The van der Waals surface area contributed by atoms with Crippen molar-refractivity contribution in [3.8, 4) is 6.07 Å². The van der Waals surface area contributed by atoms with Gasteiger partial charge in [0.05, 0.1) is 17.2 Å². The van der Waals surface area contributed by atoms with Crippen LogP contribution in [0.2, 0.25) is 5.02 Å². The Kier molecular flexibility index (Phi) is 5.97. The number of carbonyl (C=O) groups excluding carboxylic acids is 2. The average Bonchev–Trinajstić information content (AvgIpc) is 2.45. The summed E-state index contributed by atoms with van der Waals surface area (Å²) in [7, 11) is 3.01. The van der Waals surface area contributed by atoms with Gasteiger partial charge in [-0.3, -0.25) is 9.59 Å². The number of hydrogen-bond acceptors (Lipinski definition) is 4. The standard InChI is InChI=1S/C13H14ClN3O3/c1-17(5-6-20-2)13(19)12(18)16-10-3-4-11(14)9(7-10)8-15/h3-4,7H,5-6H2,1-2H3,(H,16,18). The number of methoxy groups -OCH3 is 1. The number of carbonyl (C=O) groups is 2. The maximum atomic E-state index is 11.7. The molecule has 6 nitrogen and oxygen atoms in total. The summed E-state index contributed by atoms with van der Waals surface area (Å²) in [5.41, 5.74) is 0.564. The Hall–Kier alpha value is -2.10. The summed E-state index contributed by atoms with van der Waals surface area (Å²) in [5.74, 6) is -1.47. The lowest BCUT2D eigenvalue weighted by atomic mass is 10.2. The zero-order chi connectivity index (χ0) is 15.1. The number of nitrogens with zero attached hydrogens (tertiary/aromatic N) is 2. The van der Waals surface area contributed by atoms with Gasteiger partial charge in [0.25, 0.3) is 0 Å². The van der Waals surface area contributed by atoms with Crippen LogP contribution in [0, 0.1) is 11.3 Å². The van der Waals surface area contributed by atoms with Gasteiger partial charge in [0.2, 0.25) is 0 Å². The lowest BCUT2D eigenvalue weighted by molar-refractivity contribution is -0.142. The molecule has 0 unspecified atom stereocenters. The van der Waals surface area contributed by atoms with Gasteiger partial charge in [0, 0.05) is 26.4 Å². The number of rotatable bonds is 4. The van der Waals surface area contributed by atoms with E-state index < -0.39 is 11.8 Å². The molecule has 0 heterocycles. The third-order valence-electron chi connectivity index (χ3n) is 2.52. The van der Waals surface area contributed by atoms with E-state index in [1.165, 1.54) is 37.3 Å². The topological polar surface area (TPSA) is 82.4 Å². The number of ether oxygens (including phenoxy) is 1. The summed E-state index contributed by atoms with van der Waals surface area (Å²) in [6, 6.07) is 6.30. The molecular weight excluding hydrogens is 282 g/mol. The number of likely N-dealkylation sites (N-methyl/N-ethyl adjacent to an activating group) is 1. The normalized spacial score (nSPS) is 9.70. The van der Waals surface area contributed by atoms with Crippen molar-refractivity contribution in [1.82, 2.24) is 4.90 Å². The van der Waals surface area contributed by atoms with E-state index in [1.54, 1.807) is 0 Å². The summed E-state index contributed by atoms with van der Waals surface area (Å²) in [5, 5.41) is 11.5. The van der Waals surface area contributed by atoms with E-state index in [1.807, 2.05) is 6.07 Å². The molecule has 1 N–H and O–H groups in total. The molecule has 0 spiro atoms. The van der Waals surface area contributed by atoms with Gasteiger partial charge in [-0.25, -0.2) is 0 Å². The van der Waals surface area contributed by atoms with E-state index in [9.17, 15) is 9.59 Å². The van der Waals surface area contributed by atoms with E-state index in [-0.39, 0.29) is 10.6 Å². The van der Waals surface area contributed by atoms with Crippen LogP contribution in [0.4, 0.5) is 5.69 Å². The van der Waals surface area contributed by atoms with E-state index in [2.05, 4.69) is 5.32 Å². The van der Waals surface area contributed by atoms with Crippen LogP contribution in [0.15, 0.2) is 18.2 Å². The molecule has 2 amide bonds. The van der Waals surface area contributed by atoms with E-state index in [4.69, 9.17) is 21.6 Å². The molecule has 1 rings (SSSR count). The largest absolute Gasteiger partial charge is 0.383 e. The number of nitrogens with one attached hydrogen (secondary N) is 1. The minimum Gasteiger partial charge on any atom is -0.383 e. The molecule has 20 heavy (non-hydrogen) atoms. The second-order valence-corrected chi connectivity index (χ2v) is 4.39. The molecule has 0 atom stereocenters. The zero-order valence-corrected chi connectivity index (χ0v) is 11.9. The van der Waals surface area contributed by atoms with Crippen LogP contribution in [0.1, 0.15) is 5.56 Å². The van der Waals surface area contributed by atoms with Gasteiger partial charge >= 0.3 is 11.8 Å². The van der Waals surface area contributed by atoms with Crippen LogP contribution in [0.25, 0.3) is 0 Å². The first-order chi connectivity index (χ1) is 9.49. The molecule has 0 aliphatic rings. The van der Waals surface area contributed by atoms with Crippen molar-refractivity contribution in [2.24, 2.45) is 0 Å². The average molecular weight is 296 g/mol. The molecular formula is C13H14ClN3O3. The number of benzene rings is 1. The summed E-state index contributed by atoms with van der Waals surface area (Å²) in [6.45, 7) is 0.655. The molecule has 0 saturated carbocycles. The third-order valence-corrected chi connectivity index (χ3v) is 2.85. The molecule has 0 radical (unpaired) electrons. The monoisotopic (exact) mass is 295 g/mol. The Morgan fingerprint density at radius 2 is 2.20 bits per heavy atom. The molecule has 0 saturated heterocycles. The Balaban J connectivity index is 2.71. The maximum Gasteiger partial charge on any atom is 0.313 e. The first kappa shape index (κ1) is 16.0. The first-order valence-corrected chi connectivity index (χ1v) is 6.12. The highest BCUT2D eigenvalue weighted by atomic mass is 35.5. The second kappa shape index (κ2) is 7.48. The molecule has 0 fully saturated rings. The summed E-state index contributed by atoms with van der Waals surface area (Å²) in [6.07, 6.45) is 0. The molecule has 1 aromatic carbocycles. The van der Waals surface area contributed by atoms with Crippen molar-refractivity contribution < 1.29 is 14.3 Å². The van der Waals surface area contributed by atoms with Crippen LogP contribution in [-0.4, -0.2) is 44.0 Å². The molecule has 7 heteroatoms. The Bertz CT molecular complexity index is 554. The third kappa shape index (κ3) is 4.23. The van der Waals surface area contributed by atoms with Crippen molar-refractivity contribution in [3.05, 3.63) is 28.8 Å². The fraction of sp³-hybridized carbons (Fsp3) is 0.308. The molecule has 0 aromatic heterocycles. The highest BCUT2D eigenvalue weighted by Crippen LogP contribution is 2.19. The summed E-state index contributed by atoms with van der Waals surface area (Å²) >= 11 is 5.78. The lowest BCUT2D eigenvalue weighted by Gasteiger charge is -2.16. The van der Waals surface area contributed by atoms with Crippen molar-refractivity contribution in [2.75, 3.05) is 32.6 Å². The highest BCUT2D eigenvalue weighted by Gasteiger charge is 2.18. The fourth-order valence-corrected chi connectivity index (χ4v) is 1.54. The zero-order valence-electron chi connectivity index (χ0n) is 11.1. The minimum atomic E-state index is -0.783. The molecule has 0 aliphatic heterocycles. The smallest absolute Gasteiger partial charge is 0.313 e. The van der Waals surface area contributed by atoms with Crippen molar-refractivity contribution >= 4 is 29.1 Å². The van der Waals surface area contributed by atoms with E-state index >= 15 is 0 Å². The predicted molar refractivity (Wildman–Crippen MR) is 74.3 cm³/mol. The highest BCUT2D eigenvalue weighted by molar-refractivity contribution is 6.39. The SMILES string of the molecule is COCCN(C)C(=O)C(=O)Nc1ccc(Cl)c(C#N)c1. The number of halogens is 1. The predicted octanol–water partition coefficient (Wildman–Crippen LogP) is 1.25. The van der Waals surface area contributed by atoms with Gasteiger partial charge in [-0.05, 0) is 18.2 Å². The number of hydrogen-bond donors (Lipinski definition) is 1. The van der Waals surface area contributed by atoms with Crippen molar-refractivity contribution in [1.29, 1.82) is 5.26 Å². The van der Waals surface area contributed by atoms with Crippen molar-refractivity contribution in [3.63, 3.8) is 0 Å². The van der Waals surface area contributed by atoms with Crippen LogP contribution in [0.5, 0.6) is 0 Å². The molecule has 106 valence electrons. The number of nitriles is 1. The van der Waals surface area contributed by atoms with Gasteiger partial charge < -0.3 is 15.0 Å². The molecule has 1 aromatic rings. The van der Waals surface area contributed by atoms with Gasteiger partial charge in [0.1, 0.15) is 6.07 Å². The van der Waals surface area contributed by atoms with Gasteiger partial charge in [-0.2, -0.15) is 5.26 Å². The van der Waals surface area contributed by atoms with Crippen LogP contribution >= 0.6 is 11.6 Å². The van der Waals surface area contributed by atoms with Gasteiger partial charge in [-0.15, -0.1) is 0 Å². The summed E-state index contributed by atoms with van der Waals surface area (Å²) in [4.78, 5) is 24.7. The fourth-order valence-electron chi connectivity index (χ4n) is 1.38. The number of amides is 2.